The van der Waals surface area contributed by atoms with Crippen molar-refractivity contribution in [2.75, 3.05) is 51.1 Å². The maximum atomic E-state index is 14.8. The SMILES string of the molecule is COCCOC(=O)N1CCC(Oc2ncnc3c2CCN3c2ccc(S(C)(=O)=O)cc2F)CC1. The number of hydrogen-bond donors (Lipinski definition) is 0. The first-order valence-corrected chi connectivity index (χ1v) is 12.9. The lowest BCUT2D eigenvalue weighted by Crippen LogP contribution is -2.42. The van der Waals surface area contributed by atoms with Gasteiger partial charge in [0.15, 0.2) is 9.84 Å². The largest absolute Gasteiger partial charge is 0.474 e. The summed E-state index contributed by atoms with van der Waals surface area (Å²) in [5.41, 5.74) is 1.02. The summed E-state index contributed by atoms with van der Waals surface area (Å²) in [6.07, 6.45) is 3.74. The van der Waals surface area contributed by atoms with Crippen molar-refractivity contribution in [3.8, 4) is 5.88 Å². The third kappa shape index (κ3) is 5.22. The molecule has 34 heavy (non-hydrogen) atoms. The fourth-order valence-corrected chi connectivity index (χ4v) is 4.69. The number of nitrogens with zero attached hydrogens (tertiary/aromatic N) is 4. The molecule has 0 atom stereocenters. The Morgan fingerprint density at radius 2 is 1.94 bits per heavy atom. The van der Waals surface area contributed by atoms with Crippen molar-refractivity contribution in [1.29, 1.82) is 0 Å². The number of likely N-dealkylation sites (tertiary alicyclic amines) is 1. The number of carbonyl (C=O) groups excluding carboxylic acids is 1. The molecule has 4 rings (SSSR count). The minimum atomic E-state index is -3.51. The van der Waals surface area contributed by atoms with Gasteiger partial charge in [-0.1, -0.05) is 0 Å². The van der Waals surface area contributed by atoms with Gasteiger partial charge in [-0.15, -0.1) is 0 Å². The Hall–Kier alpha value is -2.99. The zero-order chi connectivity index (χ0) is 24.3. The summed E-state index contributed by atoms with van der Waals surface area (Å²) in [6.45, 7) is 2.05. The highest BCUT2D eigenvalue weighted by atomic mass is 32.2. The van der Waals surface area contributed by atoms with E-state index in [1.807, 2.05) is 0 Å². The van der Waals surface area contributed by atoms with E-state index in [1.165, 1.54) is 18.5 Å². The number of hydrogen-bond acceptors (Lipinski definition) is 9. The lowest BCUT2D eigenvalue weighted by molar-refractivity contribution is 0.0504. The molecule has 1 saturated heterocycles. The number of methoxy groups -OCH3 is 1. The molecule has 1 aromatic carbocycles. The van der Waals surface area contributed by atoms with E-state index in [1.54, 1.807) is 16.9 Å². The Kier molecular flexibility index (Phi) is 7.17. The monoisotopic (exact) mass is 494 g/mol. The van der Waals surface area contributed by atoms with E-state index < -0.39 is 15.7 Å². The van der Waals surface area contributed by atoms with Crippen LogP contribution in [0.15, 0.2) is 29.4 Å². The molecular formula is C22H27FN4O6S. The highest BCUT2D eigenvalue weighted by Crippen LogP contribution is 2.38. The first kappa shape index (κ1) is 24.1. The number of anilines is 2. The van der Waals surface area contributed by atoms with Gasteiger partial charge in [0.05, 0.1) is 22.8 Å². The molecule has 3 heterocycles. The second-order valence-corrected chi connectivity index (χ2v) is 10.2. The predicted octanol–water partition coefficient (Wildman–Crippen LogP) is 2.34. The maximum Gasteiger partial charge on any atom is 0.409 e. The van der Waals surface area contributed by atoms with Gasteiger partial charge in [0, 0.05) is 45.8 Å². The average Bonchev–Trinajstić information content (AvgIpc) is 3.24. The summed E-state index contributed by atoms with van der Waals surface area (Å²) < 4.78 is 54.4. The van der Waals surface area contributed by atoms with Gasteiger partial charge >= 0.3 is 6.09 Å². The first-order valence-electron chi connectivity index (χ1n) is 11.0. The van der Waals surface area contributed by atoms with Crippen LogP contribution in [0.25, 0.3) is 0 Å². The van der Waals surface area contributed by atoms with E-state index in [0.717, 1.165) is 17.9 Å². The third-order valence-corrected chi connectivity index (χ3v) is 6.96. The summed E-state index contributed by atoms with van der Waals surface area (Å²) in [7, 11) is -1.96. The van der Waals surface area contributed by atoms with Crippen LogP contribution in [0.1, 0.15) is 18.4 Å². The van der Waals surface area contributed by atoms with Gasteiger partial charge in [-0.2, -0.15) is 0 Å². The minimum Gasteiger partial charge on any atom is -0.474 e. The van der Waals surface area contributed by atoms with Gasteiger partial charge in [0.2, 0.25) is 5.88 Å². The number of rotatable bonds is 7. The van der Waals surface area contributed by atoms with Gasteiger partial charge < -0.3 is 24.0 Å². The topological polar surface area (TPSA) is 111 Å². The van der Waals surface area contributed by atoms with Crippen LogP contribution in [0, 0.1) is 5.82 Å². The van der Waals surface area contributed by atoms with Crippen molar-refractivity contribution in [2.45, 2.75) is 30.3 Å². The van der Waals surface area contributed by atoms with Crippen LogP contribution >= 0.6 is 0 Å². The average molecular weight is 495 g/mol. The van der Waals surface area contributed by atoms with Crippen LogP contribution in [-0.2, 0) is 25.7 Å². The smallest absolute Gasteiger partial charge is 0.409 e. The molecule has 1 fully saturated rings. The molecule has 2 aromatic rings. The lowest BCUT2D eigenvalue weighted by Gasteiger charge is -2.31. The van der Waals surface area contributed by atoms with Crippen molar-refractivity contribution in [2.24, 2.45) is 0 Å². The number of halogens is 1. The summed E-state index contributed by atoms with van der Waals surface area (Å²) in [4.78, 5) is 24.0. The number of sulfone groups is 1. The number of fused-ring (bicyclic) bond motifs is 1. The summed E-state index contributed by atoms with van der Waals surface area (Å²) in [5.74, 6) is 0.346. The Morgan fingerprint density at radius 1 is 1.18 bits per heavy atom. The summed E-state index contributed by atoms with van der Waals surface area (Å²) >= 11 is 0. The fourth-order valence-electron chi connectivity index (χ4n) is 4.06. The number of ether oxygens (including phenoxy) is 3. The van der Waals surface area contributed by atoms with Gasteiger partial charge in [0.25, 0.3) is 0 Å². The van der Waals surface area contributed by atoms with Crippen LogP contribution < -0.4 is 9.64 Å². The number of amides is 1. The second-order valence-electron chi connectivity index (χ2n) is 8.18. The van der Waals surface area contributed by atoms with Crippen LogP contribution in [0.2, 0.25) is 0 Å². The van der Waals surface area contributed by atoms with Crippen molar-refractivity contribution in [3.05, 3.63) is 35.9 Å². The molecule has 184 valence electrons. The minimum absolute atomic E-state index is 0.0752. The molecule has 10 nitrogen and oxygen atoms in total. The number of aromatic nitrogens is 2. The van der Waals surface area contributed by atoms with E-state index in [0.29, 0.717) is 57.2 Å². The quantitative estimate of drug-likeness (QED) is 0.536. The normalized spacial score (nSPS) is 16.4. The summed E-state index contributed by atoms with van der Waals surface area (Å²) in [6, 6.07) is 3.86. The predicted molar refractivity (Wildman–Crippen MR) is 121 cm³/mol. The van der Waals surface area contributed by atoms with E-state index in [-0.39, 0.29) is 29.4 Å². The molecule has 0 radical (unpaired) electrons. The van der Waals surface area contributed by atoms with E-state index in [9.17, 15) is 17.6 Å². The molecule has 0 spiro atoms. The van der Waals surface area contributed by atoms with Crippen molar-refractivity contribution < 1.29 is 31.8 Å². The number of piperidine rings is 1. The summed E-state index contributed by atoms with van der Waals surface area (Å²) in [5, 5.41) is 0. The molecular weight excluding hydrogens is 467 g/mol. The third-order valence-electron chi connectivity index (χ3n) is 5.85. The number of benzene rings is 1. The van der Waals surface area contributed by atoms with Crippen molar-refractivity contribution in [3.63, 3.8) is 0 Å². The van der Waals surface area contributed by atoms with Crippen molar-refractivity contribution in [1.82, 2.24) is 14.9 Å². The lowest BCUT2D eigenvalue weighted by atomic mass is 10.1. The molecule has 0 N–H and O–H groups in total. The van der Waals surface area contributed by atoms with Crippen LogP contribution in [0.4, 0.5) is 20.7 Å². The van der Waals surface area contributed by atoms with Crippen molar-refractivity contribution >= 4 is 27.4 Å². The molecule has 0 aliphatic carbocycles. The van der Waals surface area contributed by atoms with E-state index >= 15 is 0 Å². The van der Waals surface area contributed by atoms with Gasteiger partial charge in [-0.3, -0.25) is 0 Å². The highest BCUT2D eigenvalue weighted by Gasteiger charge is 2.31. The Bertz CT molecular complexity index is 1150. The van der Waals surface area contributed by atoms with Gasteiger partial charge in [-0.05, 0) is 24.6 Å². The molecule has 2 aliphatic rings. The Labute approximate surface area is 197 Å². The second kappa shape index (κ2) is 10.1. The fraction of sp³-hybridized carbons (Fsp3) is 0.500. The van der Waals surface area contributed by atoms with E-state index in [2.05, 4.69) is 9.97 Å². The maximum absolute atomic E-state index is 14.8. The molecule has 2 aliphatic heterocycles. The van der Waals surface area contributed by atoms with Gasteiger partial charge in [0.1, 0.15) is 30.7 Å². The Balaban J connectivity index is 1.42. The Morgan fingerprint density at radius 3 is 2.62 bits per heavy atom. The van der Waals surface area contributed by atoms with Crippen LogP contribution in [-0.4, -0.2) is 81.7 Å². The molecule has 12 heteroatoms. The molecule has 1 aromatic heterocycles. The zero-order valence-electron chi connectivity index (χ0n) is 19.1. The van der Waals surface area contributed by atoms with E-state index in [4.69, 9.17) is 14.2 Å². The number of carbonyl (C=O) groups is 1. The molecule has 0 bridgehead atoms. The molecule has 0 saturated carbocycles. The zero-order valence-corrected chi connectivity index (χ0v) is 19.9. The van der Waals surface area contributed by atoms with Crippen LogP contribution in [0.5, 0.6) is 5.88 Å². The molecule has 1 amide bonds. The van der Waals surface area contributed by atoms with Crippen LogP contribution in [0.3, 0.4) is 0 Å². The molecule has 0 unspecified atom stereocenters. The van der Waals surface area contributed by atoms with Gasteiger partial charge in [-0.25, -0.2) is 27.6 Å². The first-order chi connectivity index (χ1) is 16.3. The highest BCUT2D eigenvalue weighted by molar-refractivity contribution is 7.90. The standard InChI is InChI=1S/C22H27FN4O6S/c1-31-11-12-32-22(28)26-8-5-15(6-9-26)33-21-17-7-10-27(20(17)24-14-25-21)19-4-3-16(13-18(19)23)34(2,29)30/h3-4,13-15H,5-12H2,1-2H3.